The van der Waals surface area contributed by atoms with E-state index in [1.54, 1.807) is 25.1 Å². The van der Waals surface area contributed by atoms with Crippen molar-refractivity contribution in [2.45, 2.75) is 19.9 Å². The molecule has 0 atom stereocenters. The van der Waals surface area contributed by atoms with E-state index in [2.05, 4.69) is 5.32 Å². The fourth-order valence-electron chi connectivity index (χ4n) is 1.29. The molecule has 16 heavy (non-hydrogen) atoms. The Morgan fingerprint density at radius 2 is 2.19 bits per heavy atom. The lowest BCUT2D eigenvalue weighted by Gasteiger charge is -2.05. The van der Waals surface area contributed by atoms with Gasteiger partial charge in [0.1, 0.15) is 5.82 Å². The monoisotopic (exact) mass is 225 g/mol. The van der Waals surface area contributed by atoms with Crippen LogP contribution in [-0.4, -0.2) is 19.1 Å². The number of halogens is 1. The standard InChI is InChI=1S/C12H16FNO2/c1-2-16-12(15)7-8-14-9-10-5-3-4-6-11(10)13/h3-6,14H,2,7-9H2,1H3. The van der Waals surface area contributed by atoms with E-state index in [9.17, 15) is 9.18 Å². The van der Waals surface area contributed by atoms with Crippen molar-refractivity contribution < 1.29 is 13.9 Å². The van der Waals surface area contributed by atoms with Crippen LogP contribution in [0.25, 0.3) is 0 Å². The molecule has 88 valence electrons. The smallest absolute Gasteiger partial charge is 0.307 e. The van der Waals surface area contributed by atoms with Crippen LogP contribution < -0.4 is 5.32 Å². The maximum atomic E-state index is 13.2. The molecule has 1 rings (SSSR count). The molecule has 0 unspecified atom stereocenters. The Hall–Kier alpha value is -1.42. The highest BCUT2D eigenvalue weighted by Gasteiger charge is 2.02. The van der Waals surface area contributed by atoms with Crippen LogP contribution in [0, 0.1) is 5.82 Å². The molecule has 0 bridgehead atoms. The summed E-state index contributed by atoms with van der Waals surface area (Å²) in [6.45, 7) is 3.08. The average Bonchev–Trinajstić information content (AvgIpc) is 2.27. The van der Waals surface area contributed by atoms with Crippen LogP contribution in [0.2, 0.25) is 0 Å². The van der Waals surface area contributed by atoms with Crippen molar-refractivity contribution in [3.63, 3.8) is 0 Å². The second kappa shape index (κ2) is 6.95. The van der Waals surface area contributed by atoms with Gasteiger partial charge in [0.25, 0.3) is 0 Å². The summed E-state index contributed by atoms with van der Waals surface area (Å²) in [5.74, 6) is -0.463. The van der Waals surface area contributed by atoms with E-state index < -0.39 is 0 Å². The number of nitrogens with one attached hydrogen (secondary N) is 1. The molecule has 1 aromatic carbocycles. The lowest BCUT2D eigenvalue weighted by Crippen LogP contribution is -2.19. The molecule has 0 amide bonds. The maximum Gasteiger partial charge on any atom is 0.307 e. The van der Waals surface area contributed by atoms with E-state index in [-0.39, 0.29) is 11.8 Å². The number of ether oxygens (including phenoxy) is 1. The largest absolute Gasteiger partial charge is 0.466 e. The maximum absolute atomic E-state index is 13.2. The zero-order chi connectivity index (χ0) is 11.8. The summed E-state index contributed by atoms with van der Waals surface area (Å²) in [6.07, 6.45) is 0.308. The second-order valence-corrected chi connectivity index (χ2v) is 3.32. The molecular formula is C12H16FNO2. The Morgan fingerprint density at radius 3 is 2.88 bits per heavy atom. The van der Waals surface area contributed by atoms with Gasteiger partial charge in [-0.3, -0.25) is 4.79 Å². The predicted molar refractivity (Wildman–Crippen MR) is 59.4 cm³/mol. The SMILES string of the molecule is CCOC(=O)CCNCc1ccccc1F. The molecule has 0 heterocycles. The summed E-state index contributed by atoms with van der Waals surface area (Å²) in [5.41, 5.74) is 0.603. The predicted octanol–water partition coefficient (Wildman–Crippen LogP) is 1.87. The molecule has 0 spiro atoms. The van der Waals surface area contributed by atoms with Gasteiger partial charge in [-0.05, 0) is 13.0 Å². The minimum absolute atomic E-state index is 0.230. The molecule has 0 fully saturated rings. The molecule has 0 aliphatic carbocycles. The van der Waals surface area contributed by atoms with Gasteiger partial charge in [0.05, 0.1) is 13.0 Å². The van der Waals surface area contributed by atoms with Gasteiger partial charge in [-0.15, -0.1) is 0 Å². The highest BCUT2D eigenvalue weighted by atomic mass is 19.1. The van der Waals surface area contributed by atoms with Gasteiger partial charge in [-0.25, -0.2) is 4.39 Å². The molecule has 3 nitrogen and oxygen atoms in total. The number of carbonyl (C=O) groups excluding carboxylic acids is 1. The normalized spacial score (nSPS) is 10.1. The molecule has 0 saturated heterocycles. The van der Waals surface area contributed by atoms with E-state index in [1.807, 2.05) is 0 Å². The van der Waals surface area contributed by atoms with Gasteiger partial charge in [0.15, 0.2) is 0 Å². The summed E-state index contributed by atoms with van der Waals surface area (Å²) in [6, 6.07) is 6.57. The fourth-order valence-corrected chi connectivity index (χ4v) is 1.29. The minimum Gasteiger partial charge on any atom is -0.466 e. The van der Waals surface area contributed by atoms with Gasteiger partial charge < -0.3 is 10.1 Å². The third kappa shape index (κ3) is 4.40. The van der Waals surface area contributed by atoms with E-state index >= 15 is 0 Å². The van der Waals surface area contributed by atoms with Crippen molar-refractivity contribution in [1.29, 1.82) is 0 Å². The molecule has 0 radical (unpaired) electrons. The third-order valence-corrected chi connectivity index (χ3v) is 2.08. The molecule has 0 aromatic heterocycles. The first-order valence-corrected chi connectivity index (χ1v) is 5.33. The second-order valence-electron chi connectivity index (χ2n) is 3.32. The van der Waals surface area contributed by atoms with Gasteiger partial charge in [0, 0.05) is 18.7 Å². The average molecular weight is 225 g/mol. The highest BCUT2D eigenvalue weighted by molar-refractivity contribution is 5.69. The van der Waals surface area contributed by atoms with Crippen LogP contribution in [0.1, 0.15) is 18.9 Å². The van der Waals surface area contributed by atoms with Crippen molar-refractivity contribution in [3.8, 4) is 0 Å². The van der Waals surface area contributed by atoms with Crippen LogP contribution in [0.5, 0.6) is 0 Å². The number of hydrogen-bond acceptors (Lipinski definition) is 3. The van der Waals surface area contributed by atoms with E-state index in [0.717, 1.165) is 0 Å². The summed E-state index contributed by atoms with van der Waals surface area (Å²) < 4.78 is 17.9. The third-order valence-electron chi connectivity index (χ3n) is 2.08. The Kier molecular flexibility index (Phi) is 5.50. The van der Waals surface area contributed by atoms with Gasteiger partial charge in [-0.1, -0.05) is 18.2 Å². The zero-order valence-electron chi connectivity index (χ0n) is 9.33. The van der Waals surface area contributed by atoms with Gasteiger partial charge >= 0.3 is 5.97 Å². The first-order chi connectivity index (χ1) is 7.74. The van der Waals surface area contributed by atoms with Crippen molar-refractivity contribution in [3.05, 3.63) is 35.6 Å². The summed E-state index contributed by atoms with van der Waals surface area (Å²) in [4.78, 5) is 11.0. The Morgan fingerprint density at radius 1 is 1.44 bits per heavy atom. The Bertz CT molecular complexity index is 342. The minimum atomic E-state index is -0.233. The zero-order valence-corrected chi connectivity index (χ0v) is 9.33. The molecule has 4 heteroatoms. The number of esters is 1. The van der Waals surface area contributed by atoms with Crippen LogP contribution in [0.4, 0.5) is 4.39 Å². The van der Waals surface area contributed by atoms with Crippen molar-refractivity contribution in [2.75, 3.05) is 13.2 Å². The van der Waals surface area contributed by atoms with Crippen LogP contribution in [-0.2, 0) is 16.1 Å². The van der Waals surface area contributed by atoms with Gasteiger partial charge in [0.2, 0.25) is 0 Å². The van der Waals surface area contributed by atoms with Crippen LogP contribution in [0.3, 0.4) is 0 Å². The molecule has 0 saturated carbocycles. The van der Waals surface area contributed by atoms with Crippen molar-refractivity contribution >= 4 is 5.97 Å². The lowest BCUT2D eigenvalue weighted by atomic mass is 10.2. The molecule has 0 aliphatic rings. The Labute approximate surface area is 94.6 Å². The first-order valence-electron chi connectivity index (χ1n) is 5.33. The molecule has 1 aromatic rings. The summed E-state index contributed by atoms with van der Waals surface area (Å²) in [5, 5.41) is 2.99. The molecule has 1 N–H and O–H groups in total. The topological polar surface area (TPSA) is 38.3 Å². The fraction of sp³-hybridized carbons (Fsp3) is 0.417. The van der Waals surface area contributed by atoms with Crippen molar-refractivity contribution in [1.82, 2.24) is 5.32 Å². The number of hydrogen-bond donors (Lipinski definition) is 1. The van der Waals surface area contributed by atoms with Crippen LogP contribution in [0.15, 0.2) is 24.3 Å². The van der Waals surface area contributed by atoms with E-state index in [4.69, 9.17) is 4.74 Å². The first kappa shape index (κ1) is 12.6. The molecule has 0 aliphatic heterocycles. The van der Waals surface area contributed by atoms with Crippen LogP contribution >= 0.6 is 0 Å². The summed E-state index contributed by atoms with van der Waals surface area (Å²) in [7, 11) is 0. The number of carbonyl (C=O) groups is 1. The van der Waals surface area contributed by atoms with E-state index in [0.29, 0.717) is 31.7 Å². The quantitative estimate of drug-likeness (QED) is 0.593. The number of benzene rings is 1. The summed E-state index contributed by atoms with van der Waals surface area (Å²) >= 11 is 0. The van der Waals surface area contributed by atoms with E-state index in [1.165, 1.54) is 6.07 Å². The highest BCUT2D eigenvalue weighted by Crippen LogP contribution is 2.05. The molecular weight excluding hydrogens is 209 g/mol. The Balaban J connectivity index is 2.21. The van der Waals surface area contributed by atoms with Crippen molar-refractivity contribution in [2.24, 2.45) is 0 Å². The van der Waals surface area contributed by atoms with Gasteiger partial charge in [-0.2, -0.15) is 0 Å². The number of rotatable bonds is 6. The lowest BCUT2D eigenvalue weighted by molar-refractivity contribution is -0.142.